The Morgan fingerprint density at radius 2 is 1.80 bits per heavy atom. The maximum Gasteiger partial charge on any atom is 0.270 e. The molecule has 0 spiro atoms. The largest absolute Gasteiger partial charge is 0.378 e. The number of benzene rings is 1. The van der Waals surface area contributed by atoms with Gasteiger partial charge in [-0.05, 0) is 18.4 Å². The van der Waals surface area contributed by atoms with Crippen LogP contribution in [0, 0.1) is 5.92 Å². The fourth-order valence-corrected chi connectivity index (χ4v) is 4.22. The van der Waals surface area contributed by atoms with E-state index in [-0.39, 0.29) is 30.1 Å². The Labute approximate surface area is 176 Å². The van der Waals surface area contributed by atoms with Gasteiger partial charge in [-0.15, -0.1) is 0 Å². The van der Waals surface area contributed by atoms with Gasteiger partial charge in [-0.25, -0.2) is 5.01 Å². The number of carbonyl (C=O) groups excluding carboxylic acids is 3. The van der Waals surface area contributed by atoms with Crippen LogP contribution in [0.3, 0.4) is 0 Å². The molecule has 3 amide bonds. The molecule has 0 aliphatic carbocycles. The fraction of sp³-hybridized carbons (Fsp3) is 0.545. The van der Waals surface area contributed by atoms with Crippen LogP contribution in [0.15, 0.2) is 35.4 Å². The first-order valence-electron chi connectivity index (χ1n) is 10.7. The second-order valence-corrected chi connectivity index (χ2v) is 8.01. The van der Waals surface area contributed by atoms with Gasteiger partial charge in [-0.2, -0.15) is 5.10 Å². The summed E-state index contributed by atoms with van der Waals surface area (Å²) in [5, 5.41) is 5.79. The number of nitrogens with zero attached hydrogens (tertiary/aromatic N) is 4. The van der Waals surface area contributed by atoms with E-state index in [1.165, 1.54) is 5.01 Å². The Morgan fingerprint density at radius 3 is 2.57 bits per heavy atom. The molecule has 2 saturated heterocycles. The first-order valence-corrected chi connectivity index (χ1v) is 10.7. The molecule has 1 aromatic rings. The quantitative estimate of drug-likeness (QED) is 0.746. The van der Waals surface area contributed by atoms with Crippen molar-refractivity contribution < 1.29 is 19.1 Å². The number of hydrazone groups is 1. The fourth-order valence-electron chi connectivity index (χ4n) is 4.22. The van der Waals surface area contributed by atoms with Crippen LogP contribution in [0.4, 0.5) is 0 Å². The Balaban J connectivity index is 1.41. The molecule has 8 heteroatoms. The van der Waals surface area contributed by atoms with Crippen molar-refractivity contribution in [1.29, 1.82) is 0 Å². The van der Waals surface area contributed by atoms with Gasteiger partial charge in [0.1, 0.15) is 5.71 Å². The van der Waals surface area contributed by atoms with Crippen LogP contribution in [0.25, 0.3) is 0 Å². The van der Waals surface area contributed by atoms with Crippen molar-refractivity contribution in [1.82, 2.24) is 14.8 Å². The second kappa shape index (κ2) is 9.38. The minimum atomic E-state index is -0.174. The van der Waals surface area contributed by atoms with Gasteiger partial charge in [0.2, 0.25) is 11.8 Å². The van der Waals surface area contributed by atoms with Crippen molar-refractivity contribution in [3.63, 3.8) is 0 Å². The molecule has 160 valence electrons. The summed E-state index contributed by atoms with van der Waals surface area (Å²) in [6.45, 7) is 3.78. The predicted molar refractivity (Wildman–Crippen MR) is 110 cm³/mol. The topological polar surface area (TPSA) is 82.5 Å². The lowest BCUT2D eigenvalue weighted by atomic mass is 9.95. The molecule has 30 heavy (non-hydrogen) atoms. The predicted octanol–water partition coefficient (Wildman–Crippen LogP) is 1.26. The molecular weight excluding hydrogens is 384 g/mol. The Morgan fingerprint density at radius 1 is 1.03 bits per heavy atom. The second-order valence-electron chi connectivity index (χ2n) is 8.01. The molecule has 4 rings (SSSR count). The van der Waals surface area contributed by atoms with E-state index in [1.807, 2.05) is 35.2 Å². The van der Waals surface area contributed by atoms with Gasteiger partial charge in [-0.3, -0.25) is 14.4 Å². The van der Waals surface area contributed by atoms with Gasteiger partial charge < -0.3 is 14.5 Å². The van der Waals surface area contributed by atoms with Gasteiger partial charge in [0, 0.05) is 39.0 Å². The van der Waals surface area contributed by atoms with Crippen molar-refractivity contribution in [3.05, 3.63) is 35.9 Å². The Bertz CT molecular complexity index is 820. The zero-order chi connectivity index (χ0) is 20.9. The Kier molecular flexibility index (Phi) is 6.42. The molecule has 3 aliphatic rings. The average molecular weight is 412 g/mol. The highest BCUT2D eigenvalue weighted by atomic mass is 16.5. The summed E-state index contributed by atoms with van der Waals surface area (Å²) < 4.78 is 5.33. The van der Waals surface area contributed by atoms with Crippen molar-refractivity contribution in [2.24, 2.45) is 11.0 Å². The number of amides is 3. The summed E-state index contributed by atoms with van der Waals surface area (Å²) in [5.74, 6) is -0.288. The van der Waals surface area contributed by atoms with Crippen molar-refractivity contribution >= 4 is 23.4 Å². The molecule has 0 N–H and O–H groups in total. The molecule has 8 nitrogen and oxygen atoms in total. The number of morpholine rings is 1. The van der Waals surface area contributed by atoms with Crippen LogP contribution in [-0.2, 0) is 25.7 Å². The van der Waals surface area contributed by atoms with E-state index < -0.39 is 0 Å². The molecule has 0 radical (unpaired) electrons. The minimum Gasteiger partial charge on any atom is -0.378 e. The molecule has 0 unspecified atom stereocenters. The summed E-state index contributed by atoms with van der Waals surface area (Å²) in [4.78, 5) is 41.8. The van der Waals surface area contributed by atoms with Crippen molar-refractivity contribution in [2.45, 2.75) is 32.2 Å². The van der Waals surface area contributed by atoms with Crippen LogP contribution in [0.2, 0.25) is 0 Å². The van der Waals surface area contributed by atoms with Gasteiger partial charge in [0.25, 0.3) is 5.91 Å². The number of carbonyl (C=O) groups is 3. The third-order valence-corrected chi connectivity index (χ3v) is 5.91. The van der Waals surface area contributed by atoms with Gasteiger partial charge in [-0.1, -0.05) is 30.3 Å². The van der Waals surface area contributed by atoms with E-state index in [1.54, 1.807) is 4.90 Å². The van der Waals surface area contributed by atoms with Gasteiger partial charge in [0.15, 0.2) is 0 Å². The summed E-state index contributed by atoms with van der Waals surface area (Å²) in [6.07, 6.45) is 2.22. The molecule has 1 atom stereocenters. The number of likely N-dealkylation sites (tertiary alicyclic amines) is 1. The summed E-state index contributed by atoms with van der Waals surface area (Å²) in [6, 6.07) is 9.62. The number of hydrogen-bond donors (Lipinski definition) is 0. The van der Waals surface area contributed by atoms with E-state index >= 15 is 0 Å². The third-order valence-electron chi connectivity index (χ3n) is 5.91. The maximum atomic E-state index is 13.1. The van der Waals surface area contributed by atoms with Crippen LogP contribution in [0.5, 0.6) is 0 Å². The minimum absolute atomic E-state index is 0.0746. The number of rotatable bonds is 4. The molecule has 0 saturated carbocycles. The lowest BCUT2D eigenvalue weighted by molar-refractivity contribution is -0.142. The molecule has 3 heterocycles. The zero-order valence-electron chi connectivity index (χ0n) is 17.2. The van der Waals surface area contributed by atoms with Gasteiger partial charge in [0.05, 0.1) is 25.7 Å². The highest BCUT2D eigenvalue weighted by Crippen LogP contribution is 2.22. The standard InChI is InChI=1S/C22H28N4O4/c27-20-9-8-19(23-26(20)15-17-5-2-1-3-6-17)22(29)25-10-4-7-18(16-25)21(28)24-11-13-30-14-12-24/h1-3,5-6,18H,4,7-16H2/t18-/m0/s1. The zero-order valence-corrected chi connectivity index (χ0v) is 17.2. The van der Waals surface area contributed by atoms with E-state index in [2.05, 4.69) is 5.10 Å². The molecule has 3 aliphatic heterocycles. The highest BCUT2D eigenvalue weighted by molar-refractivity contribution is 6.39. The molecule has 2 fully saturated rings. The SMILES string of the molecule is O=C(C1=NN(Cc2ccccc2)C(=O)CC1)N1CCC[C@H](C(=O)N2CCOCC2)C1. The monoisotopic (exact) mass is 412 g/mol. The van der Waals surface area contributed by atoms with E-state index in [9.17, 15) is 14.4 Å². The van der Waals surface area contributed by atoms with Crippen LogP contribution in [0.1, 0.15) is 31.2 Å². The normalized spacial score (nSPS) is 22.7. The summed E-state index contributed by atoms with van der Waals surface area (Å²) in [5.41, 5.74) is 1.38. The van der Waals surface area contributed by atoms with Crippen LogP contribution < -0.4 is 0 Å². The van der Waals surface area contributed by atoms with Crippen molar-refractivity contribution in [3.8, 4) is 0 Å². The smallest absolute Gasteiger partial charge is 0.270 e. The highest BCUT2D eigenvalue weighted by Gasteiger charge is 2.34. The summed E-state index contributed by atoms with van der Waals surface area (Å²) >= 11 is 0. The molecule has 0 aromatic heterocycles. The lowest BCUT2D eigenvalue weighted by Crippen LogP contribution is -2.51. The molecular formula is C22H28N4O4. The number of ether oxygens (including phenoxy) is 1. The first kappa shape index (κ1) is 20.5. The summed E-state index contributed by atoms with van der Waals surface area (Å²) in [7, 11) is 0. The van der Waals surface area contributed by atoms with Crippen molar-refractivity contribution in [2.75, 3.05) is 39.4 Å². The van der Waals surface area contributed by atoms with E-state index in [4.69, 9.17) is 4.74 Å². The third kappa shape index (κ3) is 4.70. The first-order chi connectivity index (χ1) is 14.6. The number of hydrogen-bond acceptors (Lipinski definition) is 5. The van der Waals surface area contributed by atoms with Crippen LogP contribution in [-0.4, -0.2) is 77.6 Å². The van der Waals surface area contributed by atoms with E-state index in [0.717, 1.165) is 18.4 Å². The number of piperidine rings is 1. The maximum absolute atomic E-state index is 13.1. The molecule has 0 bridgehead atoms. The lowest BCUT2D eigenvalue weighted by Gasteiger charge is -2.36. The van der Waals surface area contributed by atoms with E-state index in [0.29, 0.717) is 58.1 Å². The average Bonchev–Trinajstić information content (AvgIpc) is 2.81. The Hall–Kier alpha value is -2.74. The molecule has 1 aromatic carbocycles. The van der Waals surface area contributed by atoms with Gasteiger partial charge >= 0.3 is 0 Å². The van der Waals surface area contributed by atoms with Crippen LogP contribution >= 0.6 is 0 Å².